The van der Waals surface area contributed by atoms with Crippen LogP contribution in [0.1, 0.15) is 32.1 Å². The van der Waals surface area contributed by atoms with E-state index in [1.807, 2.05) is 11.9 Å². The third kappa shape index (κ3) is 4.70. The summed E-state index contributed by atoms with van der Waals surface area (Å²) in [6.45, 7) is 0.116. The van der Waals surface area contributed by atoms with E-state index in [9.17, 15) is 13.2 Å². The van der Waals surface area contributed by atoms with Gasteiger partial charge in [-0.05, 0) is 33.4 Å². The first-order valence-electron chi connectivity index (χ1n) is 5.86. The summed E-state index contributed by atoms with van der Waals surface area (Å²) in [7, 11) is 3.72. The van der Waals surface area contributed by atoms with Crippen LogP contribution in [0.3, 0.4) is 0 Å². The molecule has 1 fully saturated rings. The van der Waals surface area contributed by atoms with Crippen molar-refractivity contribution < 1.29 is 13.2 Å². The van der Waals surface area contributed by atoms with Crippen molar-refractivity contribution in [3.63, 3.8) is 0 Å². The molecule has 0 aromatic carbocycles. The first kappa shape index (κ1) is 13.8. The third-order valence-corrected chi connectivity index (χ3v) is 3.43. The van der Waals surface area contributed by atoms with Crippen molar-refractivity contribution in [2.75, 3.05) is 20.6 Å². The average molecular weight is 238 g/mol. The summed E-state index contributed by atoms with van der Waals surface area (Å²) in [5, 5.41) is 3.21. The Bertz CT molecular complexity index is 206. The Kier molecular flexibility index (Phi) is 5.05. The zero-order chi connectivity index (χ0) is 12.2. The molecule has 2 unspecified atom stereocenters. The van der Waals surface area contributed by atoms with Crippen LogP contribution in [0.2, 0.25) is 0 Å². The molecular formula is C11H21F3N2. The number of hydrogen-bond acceptors (Lipinski definition) is 2. The fourth-order valence-electron chi connectivity index (χ4n) is 2.31. The van der Waals surface area contributed by atoms with Crippen LogP contribution >= 0.6 is 0 Å². The number of halogens is 3. The summed E-state index contributed by atoms with van der Waals surface area (Å²) in [5.74, 6) is 0. The SMILES string of the molecule is CNC1CCCC(N(C)CCC(F)(F)F)C1. The maximum absolute atomic E-state index is 12.1. The van der Waals surface area contributed by atoms with E-state index in [-0.39, 0.29) is 6.54 Å². The fraction of sp³-hybridized carbons (Fsp3) is 1.00. The van der Waals surface area contributed by atoms with Gasteiger partial charge >= 0.3 is 6.18 Å². The van der Waals surface area contributed by atoms with Crippen LogP contribution in [-0.4, -0.2) is 43.8 Å². The van der Waals surface area contributed by atoms with Gasteiger partial charge in [-0.1, -0.05) is 6.42 Å². The summed E-state index contributed by atoms with van der Waals surface area (Å²) in [5.41, 5.74) is 0. The summed E-state index contributed by atoms with van der Waals surface area (Å²) in [4.78, 5) is 1.86. The predicted molar refractivity (Wildman–Crippen MR) is 58.4 cm³/mol. The molecule has 1 rings (SSSR count). The minimum atomic E-state index is -4.04. The Morgan fingerprint density at radius 2 is 2.00 bits per heavy atom. The molecule has 5 heteroatoms. The number of nitrogens with one attached hydrogen (secondary N) is 1. The number of nitrogens with zero attached hydrogens (tertiary/aromatic N) is 1. The van der Waals surface area contributed by atoms with E-state index in [1.54, 1.807) is 7.05 Å². The minimum absolute atomic E-state index is 0.116. The molecule has 0 aromatic heterocycles. The van der Waals surface area contributed by atoms with E-state index in [4.69, 9.17) is 0 Å². The van der Waals surface area contributed by atoms with E-state index >= 15 is 0 Å². The molecule has 0 amide bonds. The van der Waals surface area contributed by atoms with Crippen molar-refractivity contribution >= 4 is 0 Å². The van der Waals surface area contributed by atoms with Gasteiger partial charge in [0.25, 0.3) is 0 Å². The highest BCUT2D eigenvalue weighted by molar-refractivity contribution is 4.82. The minimum Gasteiger partial charge on any atom is -0.317 e. The highest BCUT2D eigenvalue weighted by Crippen LogP contribution is 2.25. The van der Waals surface area contributed by atoms with Gasteiger partial charge in [-0.15, -0.1) is 0 Å². The summed E-state index contributed by atoms with van der Waals surface area (Å²) < 4.78 is 36.3. The van der Waals surface area contributed by atoms with Crippen molar-refractivity contribution in [1.82, 2.24) is 10.2 Å². The van der Waals surface area contributed by atoms with Crippen molar-refractivity contribution in [2.24, 2.45) is 0 Å². The molecule has 1 aliphatic rings. The van der Waals surface area contributed by atoms with Gasteiger partial charge in [0, 0.05) is 18.6 Å². The van der Waals surface area contributed by atoms with Crippen LogP contribution in [-0.2, 0) is 0 Å². The molecule has 0 radical (unpaired) electrons. The molecule has 0 spiro atoms. The number of alkyl halides is 3. The van der Waals surface area contributed by atoms with Crippen molar-refractivity contribution in [2.45, 2.75) is 50.4 Å². The van der Waals surface area contributed by atoms with Crippen molar-refractivity contribution in [3.8, 4) is 0 Å². The van der Waals surface area contributed by atoms with Crippen LogP contribution in [0.4, 0.5) is 13.2 Å². The molecule has 0 bridgehead atoms. The van der Waals surface area contributed by atoms with Gasteiger partial charge in [0.05, 0.1) is 6.42 Å². The topological polar surface area (TPSA) is 15.3 Å². The van der Waals surface area contributed by atoms with Gasteiger partial charge in [-0.25, -0.2) is 0 Å². The predicted octanol–water partition coefficient (Wildman–Crippen LogP) is 2.40. The highest BCUT2D eigenvalue weighted by Gasteiger charge is 2.30. The van der Waals surface area contributed by atoms with Gasteiger partial charge in [0.1, 0.15) is 0 Å². The monoisotopic (exact) mass is 238 g/mol. The zero-order valence-corrected chi connectivity index (χ0v) is 9.98. The number of rotatable bonds is 4. The average Bonchev–Trinajstić information content (AvgIpc) is 2.25. The lowest BCUT2D eigenvalue weighted by Crippen LogP contribution is -2.42. The summed E-state index contributed by atoms with van der Waals surface area (Å²) in [6, 6.07) is 0.764. The molecule has 0 saturated heterocycles. The Morgan fingerprint density at radius 3 is 2.56 bits per heavy atom. The lowest BCUT2D eigenvalue weighted by Gasteiger charge is -2.35. The third-order valence-electron chi connectivity index (χ3n) is 3.43. The Hall–Kier alpha value is -0.290. The second kappa shape index (κ2) is 5.87. The van der Waals surface area contributed by atoms with E-state index in [1.165, 1.54) is 0 Å². The second-order valence-electron chi connectivity index (χ2n) is 4.65. The second-order valence-corrected chi connectivity index (χ2v) is 4.65. The Labute approximate surface area is 95.2 Å². The van der Waals surface area contributed by atoms with Crippen LogP contribution in [0.5, 0.6) is 0 Å². The Morgan fingerprint density at radius 1 is 1.31 bits per heavy atom. The van der Waals surface area contributed by atoms with Gasteiger partial charge < -0.3 is 10.2 Å². The summed E-state index contributed by atoms with van der Waals surface area (Å²) >= 11 is 0. The Balaban J connectivity index is 2.32. The molecule has 1 N–H and O–H groups in total. The molecule has 0 aromatic rings. The molecule has 1 aliphatic carbocycles. The largest absolute Gasteiger partial charge is 0.390 e. The first-order valence-corrected chi connectivity index (χ1v) is 5.86. The van der Waals surface area contributed by atoms with E-state index in [0.29, 0.717) is 12.1 Å². The van der Waals surface area contributed by atoms with E-state index < -0.39 is 12.6 Å². The standard InChI is InChI=1S/C11H21F3N2/c1-15-9-4-3-5-10(8-9)16(2)7-6-11(12,13)14/h9-10,15H,3-8H2,1-2H3. The van der Waals surface area contributed by atoms with Gasteiger partial charge in [0.15, 0.2) is 0 Å². The van der Waals surface area contributed by atoms with Crippen molar-refractivity contribution in [1.29, 1.82) is 0 Å². The maximum Gasteiger partial charge on any atom is 0.390 e. The fourth-order valence-corrected chi connectivity index (χ4v) is 2.31. The smallest absolute Gasteiger partial charge is 0.317 e. The molecule has 2 atom stereocenters. The molecule has 0 heterocycles. The number of hydrogen-bond donors (Lipinski definition) is 1. The molecule has 1 saturated carbocycles. The van der Waals surface area contributed by atoms with Crippen LogP contribution in [0.15, 0.2) is 0 Å². The van der Waals surface area contributed by atoms with Crippen LogP contribution in [0.25, 0.3) is 0 Å². The van der Waals surface area contributed by atoms with Gasteiger partial charge in [-0.3, -0.25) is 0 Å². The lowest BCUT2D eigenvalue weighted by atomic mass is 9.90. The maximum atomic E-state index is 12.1. The van der Waals surface area contributed by atoms with E-state index in [0.717, 1.165) is 25.7 Å². The van der Waals surface area contributed by atoms with Crippen LogP contribution in [0, 0.1) is 0 Å². The van der Waals surface area contributed by atoms with Gasteiger partial charge in [0.2, 0.25) is 0 Å². The molecule has 16 heavy (non-hydrogen) atoms. The molecular weight excluding hydrogens is 217 g/mol. The normalized spacial score (nSPS) is 27.4. The van der Waals surface area contributed by atoms with Gasteiger partial charge in [-0.2, -0.15) is 13.2 Å². The quantitative estimate of drug-likeness (QED) is 0.809. The highest BCUT2D eigenvalue weighted by atomic mass is 19.4. The molecule has 0 aliphatic heterocycles. The lowest BCUT2D eigenvalue weighted by molar-refractivity contribution is -0.138. The first-order chi connectivity index (χ1) is 7.42. The summed E-state index contributed by atoms with van der Waals surface area (Å²) in [6.07, 6.45) is -0.514. The molecule has 96 valence electrons. The van der Waals surface area contributed by atoms with E-state index in [2.05, 4.69) is 5.32 Å². The van der Waals surface area contributed by atoms with Crippen LogP contribution < -0.4 is 5.32 Å². The van der Waals surface area contributed by atoms with Crippen molar-refractivity contribution in [3.05, 3.63) is 0 Å². The zero-order valence-electron chi connectivity index (χ0n) is 9.98. The molecule has 2 nitrogen and oxygen atoms in total.